The summed E-state index contributed by atoms with van der Waals surface area (Å²) in [5.74, 6) is 0.609. The summed E-state index contributed by atoms with van der Waals surface area (Å²) in [6, 6.07) is 12.6. The van der Waals surface area contributed by atoms with Gasteiger partial charge in [0.05, 0.1) is 5.35 Å². The standard InChI is InChI=1S/C16H15N/c1-12-7-8-14-10-15(11-17-16(14)9-12)13-5-3-2-4-6-13/h2-6,8-12H,7H2,1H3. The largest absolute Gasteiger partial charge is 0.256 e. The van der Waals surface area contributed by atoms with Gasteiger partial charge >= 0.3 is 0 Å². The number of fused-ring (bicyclic) bond motifs is 1. The molecule has 2 aromatic rings. The molecule has 0 radical (unpaired) electrons. The lowest BCUT2D eigenvalue weighted by Gasteiger charge is -2.08. The Balaban J connectivity index is 2.15. The van der Waals surface area contributed by atoms with E-state index < -0.39 is 0 Å². The van der Waals surface area contributed by atoms with Gasteiger partial charge in [0.25, 0.3) is 0 Å². The quantitative estimate of drug-likeness (QED) is 0.720. The molecule has 1 aromatic heterocycles. The normalized spacial score (nSPS) is 17.8. The van der Waals surface area contributed by atoms with E-state index >= 15 is 0 Å². The molecule has 1 aliphatic carbocycles. The van der Waals surface area contributed by atoms with E-state index in [1.807, 2.05) is 12.3 Å². The maximum Gasteiger partial charge on any atom is 0.0662 e. The molecule has 1 heteroatoms. The second-order valence-corrected chi connectivity index (χ2v) is 4.65. The van der Waals surface area contributed by atoms with Crippen LogP contribution in [0.5, 0.6) is 0 Å². The summed E-state index contributed by atoms with van der Waals surface area (Å²) in [7, 11) is 0. The van der Waals surface area contributed by atoms with Crippen LogP contribution in [0.2, 0.25) is 0 Å². The van der Waals surface area contributed by atoms with Gasteiger partial charge in [-0.15, -0.1) is 0 Å². The van der Waals surface area contributed by atoms with Crippen LogP contribution < -0.4 is 10.6 Å². The second-order valence-electron chi connectivity index (χ2n) is 4.65. The highest BCUT2D eigenvalue weighted by Gasteiger charge is 2.03. The van der Waals surface area contributed by atoms with Crippen LogP contribution in [0.4, 0.5) is 0 Å². The highest BCUT2D eigenvalue weighted by molar-refractivity contribution is 5.62. The van der Waals surface area contributed by atoms with E-state index in [1.54, 1.807) is 0 Å². The summed E-state index contributed by atoms with van der Waals surface area (Å²) in [4.78, 5) is 4.56. The molecule has 0 spiro atoms. The molecule has 1 unspecified atom stereocenters. The van der Waals surface area contributed by atoms with Crippen molar-refractivity contribution in [3.05, 3.63) is 53.2 Å². The van der Waals surface area contributed by atoms with Crippen molar-refractivity contribution in [2.24, 2.45) is 5.92 Å². The lowest BCUT2D eigenvalue weighted by molar-refractivity contribution is 0.795. The van der Waals surface area contributed by atoms with Gasteiger partial charge < -0.3 is 0 Å². The van der Waals surface area contributed by atoms with E-state index in [1.165, 1.54) is 16.3 Å². The Labute approximate surface area is 101 Å². The minimum Gasteiger partial charge on any atom is -0.256 e. The average Bonchev–Trinajstić information content (AvgIpc) is 2.39. The van der Waals surface area contributed by atoms with Crippen molar-refractivity contribution in [3.63, 3.8) is 0 Å². The molecule has 3 rings (SSSR count). The topological polar surface area (TPSA) is 12.9 Å². The lowest BCUT2D eigenvalue weighted by Crippen LogP contribution is -2.31. The summed E-state index contributed by atoms with van der Waals surface area (Å²) in [5, 5.41) is 2.40. The Kier molecular flexibility index (Phi) is 2.52. The zero-order chi connectivity index (χ0) is 11.7. The molecule has 0 bridgehead atoms. The third-order valence-corrected chi connectivity index (χ3v) is 3.21. The van der Waals surface area contributed by atoms with Crippen molar-refractivity contribution < 1.29 is 0 Å². The number of hydrogen-bond acceptors (Lipinski definition) is 1. The van der Waals surface area contributed by atoms with Crippen molar-refractivity contribution in [1.29, 1.82) is 0 Å². The molecular formula is C16H15N. The molecule has 17 heavy (non-hydrogen) atoms. The van der Waals surface area contributed by atoms with Crippen LogP contribution in [-0.4, -0.2) is 4.98 Å². The first kappa shape index (κ1) is 10.3. The van der Waals surface area contributed by atoms with Gasteiger partial charge in [-0.1, -0.05) is 49.4 Å². The third-order valence-electron chi connectivity index (χ3n) is 3.21. The van der Waals surface area contributed by atoms with Gasteiger partial charge in [-0.2, -0.15) is 0 Å². The fraction of sp³-hybridized carbons (Fsp3) is 0.188. The molecule has 0 N–H and O–H groups in total. The van der Waals surface area contributed by atoms with Crippen molar-refractivity contribution in [1.82, 2.24) is 4.98 Å². The number of pyridine rings is 1. The Bertz CT molecular complexity index is 641. The van der Waals surface area contributed by atoms with Gasteiger partial charge in [-0.05, 0) is 29.2 Å². The fourth-order valence-corrected chi connectivity index (χ4v) is 2.23. The molecule has 84 valence electrons. The van der Waals surface area contributed by atoms with Gasteiger partial charge in [0.1, 0.15) is 0 Å². The minimum atomic E-state index is 0.609. The number of rotatable bonds is 1. The van der Waals surface area contributed by atoms with Crippen molar-refractivity contribution in [2.75, 3.05) is 0 Å². The Morgan fingerprint density at radius 2 is 1.94 bits per heavy atom. The van der Waals surface area contributed by atoms with Crippen LogP contribution in [0.25, 0.3) is 23.3 Å². The van der Waals surface area contributed by atoms with E-state index in [0.29, 0.717) is 5.92 Å². The van der Waals surface area contributed by atoms with E-state index in [2.05, 4.69) is 54.4 Å². The molecule has 0 fully saturated rings. The van der Waals surface area contributed by atoms with Crippen molar-refractivity contribution in [3.8, 4) is 11.1 Å². The Hall–Kier alpha value is -1.89. The van der Waals surface area contributed by atoms with E-state index in [-0.39, 0.29) is 0 Å². The maximum absolute atomic E-state index is 4.56. The highest BCUT2D eigenvalue weighted by Crippen LogP contribution is 2.15. The Morgan fingerprint density at radius 1 is 1.12 bits per heavy atom. The first-order chi connectivity index (χ1) is 8.33. The molecule has 0 saturated carbocycles. The first-order valence-corrected chi connectivity index (χ1v) is 6.06. The predicted octanol–water partition coefficient (Wildman–Crippen LogP) is 2.35. The van der Waals surface area contributed by atoms with Gasteiger partial charge in [0.15, 0.2) is 0 Å². The van der Waals surface area contributed by atoms with Gasteiger partial charge in [0, 0.05) is 11.8 Å². The SMILES string of the molecule is CC1C=c2ncc(-c3ccccc3)cc2=CC1. The van der Waals surface area contributed by atoms with Gasteiger partial charge in [-0.25, -0.2) is 0 Å². The minimum absolute atomic E-state index is 0.609. The van der Waals surface area contributed by atoms with Crippen LogP contribution in [0, 0.1) is 5.92 Å². The molecule has 1 nitrogen and oxygen atoms in total. The van der Waals surface area contributed by atoms with Crippen LogP contribution in [0.3, 0.4) is 0 Å². The molecular weight excluding hydrogens is 206 g/mol. The molecule has 0 saturated heterocycles. The van der Waals surface area contributed by atoms with E-state index in [0.717, 1.165) is 11.8 Å². The number of nitrogens with zero attached hydrogens (tertiary/aromatic N) is 1. The molecule has 1 aliphatic rings. The summed E-state index contributed by atoms with van der Waals surface area (Å²) >= 11 is 0. The van der Waals surface area contributed by atoms with Crippen LogP contribution in [0.1, 0.15) is 13.3 Å². The zero-order valence-electron chi connectivity index (χ0n) is 9.93. The summed E-state index contributed by atoms with van der Waals surface area (Å²) < 4.78 is 0. The van der Waals surface area contributed by atoms with Crippen LogP contribution >= 0.6 is 0 Å². The lowest BCUT2D eigenvalue weighted by atomic mass is 10.00. The van der Waals surface area contributed by atoms with Gasteiger partial charge in [0.2, 0.25) is 0 Å². The molecule has 1 atom stereocenters. The fourth-order valence-electron chi connectivity index (χ4n) is 2.23. The second kappa shape index (κ2) is 4.17. The number of hydrogen-bond donors (Lipinski definition) is 0. The number of aromatic nitrogens is 1. The van der Waals surface area contributed by atoms with E-state index in [9.17, 15) is 0 Å². The summed E-state index contributed by atoms with van der Waals surface area (Å²) in [6.45, 7) is 2.23. The number of benzene rings is 1. The zero-order valence-corrected chi connectivity index (χ0v) is 9.93. The maximum atomic E-state index is 4.56. The highest BCUT2D eigenvalue weighted by atomic mass is 14.6. The first-order valence-electron chi connectivity index (χ1n) is 6.06. The van der Waals surface area contributed by atoms with Crippen LogP contribution in [-0.2, 0) is 0 Å². The molecule has 1 heterocycles. The molecule has 1 aromatic carbocycles. The van der Waals surface area contributed by atoms with Crippen molar-refractivity contribution in [2.45, 2.75) is 13.3 Å². The van der Waals surface area contributed by atoms with E-state index in [4.69, 9.17) is 0 Å². The summed E-state index contributed by atoms with van der Waals surface area (Å²) in [6.07, 6.45) is 7.63. The van der Waals surface area contributed by atoms with Crippen molar-refractivity contribution >= 4 is 12.2 Å². The van der Waals surface area contributed by atoms with Crippen LogP contribution in [0.15, 0.2) is 42.6 Å². The molecule has 0 aliphatic heterocycles. The predicted molar refractivity (Wildman–Crippen MR) is 71.6 cm³/mol. The smallest absolute Gasteiger partial charge is 0.0662 e. The van der Waals surface area contributed by atoms with Gasteiger partial charge in [-0.3, -0.25) is 4.98 Å². The summed E-state index contributed by atoms with van der Waals surface area (Å²) in [5.41, 5.74) is 2.43. The molecule has 0 amide bonds. The third kappa shape index (κ3) is 2.01. The average molecular weight is 221 g/mol. The monoisotopic (exact) mass is 221 g/mol. The Morgan fingerprint density at radius 3 is 2.76 bits per heavy atom.